The van der Waals surface area contributed by atoms with E-state index >= 15 is 0 Å². The summed E-state index contributed by atoms with van der Waals surface area (Å²) in [7, 11) is 3.29. The predicted octanol–water partition coefficient (Wildman–Crippen LogP) is 5.25. The lowest BCUT2D eigenvalue weighted by atomic mass is 10.0. The Labute approximate surface area is 199 Å². The first-order valence-corrected chi connectivity index (χ1v) is 11.5. The zero-order chi connectivity index (χ0) is 24.3. The Morgan fingerprint density at radius 2 is 1.82 bits per heavy atom. The topological polar surface area (TPSA) is 63.2 Å². The smallest absolute Gasteiger partial charge is 0.333 e. The molecule has 6 nitrogen and oxygen atoms in total. The molecule has 0 fully saturated rings. The van der Waals surface area contributed by atoms with Gasteiger partial charge < -0.3 is 23.7 Å². The van der Waals surface area contributed by atoms with E-state index in [0.717, 1.165) is 18.4 Å². The van der Waals surface area contributed by atoms with Gasteiger partial charge in [-0.3, -0.25) is 0 Å². The third-order valence-electron chi connectivity index (χ3n) is 5.03. The standard InChI is InChI=1S/C27H40O6/c1-6-32-27(28)23(3)14-12-18-25(30-5)17-11-10-13-22(2)26(33-21-29-4)20-31-19-24-15-8-7-9-16-24/h7-11,13-17,22,25-26H,6,12,18-21H2,1-5H3/b13-10+,17-11+,23-14-/t22-,25+,26+/m0/s1. The predicted molar refractivity (Wildman–Crippen MR) is 131 cm³/mol. The molecule has 0 spiro atoms. The van der Waals surface area contributed by atoms with Crippen LogP contribution in [0.1, 0.15) is 39.2 Å². The summed E-state index contributed by atoms with van der Waals surface area (Å²) in [5.74, 6) is -0.131. The second-order valence-corrected chi connectivity index (χ2v) is 7.70. The van der Waals surface area contributed by atoms with Crippen molar-refractivity contribution in [2.75, 3.05) is 34.2 Å². The lowest BCUT2D eigenvalue weighted by Crippen LogP contribution is -2.27. The Hall–Kier alpha value is -2.25. The molecule has 0 aliphatic rings. The van der Waals surface area contributed by atoms with Crippen LogP contribution < -0.4 is 0 Å². The summed E-state index contributed by atoms with van der Waals surface area (Å²) in [6.07, 6.45) is 11.3. The summed E-state index contributed by atoms with van der Waals surface area (Å²) < 4.78 is 27.3. The fourth-order valence-corrected chi connectivity index (χ4v) is 3.01. The van der Waals surface area contributed by atoms with Gasteiger partial charge >= 0.3 is 5.97 Å². The number of hydrogen-bond acceptors (Lipinski definition) is 6. The van der Waals surface area contributed by atoms with Crippen LogP contribution in [0.2, 0.25) is 0 Å². The first-order valence-electron chi connectivity index (χ1n) is 11.5. The van der Waals surface area contributed by atoms with E-state index in [1.165, 1.54) is 0 Å². The van der Waals surface area contributed by atoms with Crippen molar-refractivity contribution < 1.29 is 28.5 Å². The molecule has 0 aromatic heterocycles. The van der Waals surface area contributed by atoms with E-state index in [4.69, 9.17) is 23.7 Å². The molecule has 0 unspecified atom stereocenters. The highest BCUT2D eigenvalue weighted by atomic mass is 16.7. The van der Waals surface area contributed by atoms with Gasteiger partial charge in [-0.1, -0.05) is 67.6 Å². The molecular formula is C27H40O6. The fraction of sp³-hybridized carbons (Fsp3) is 0.519. The van der Waals surface area contributed by atoms with Crippen molar-refractivity contribution >= 4 is 5.97 Å². The van der Waals surface area contributed by atoms with Gasteiger partial charge in [-0.15, -0.1) is 0 Å². The van der Waals surface area contributed by atoms with E-state index in [2.05, 4.69) is 13.0 Å². The van der Waals surface area contributed by atoms with Crippen LogP contribution >= 0.6 is 0 Å². The van der Waals surface area contributed by atoms with Crippen LogP contribution in [0.5, 0.6) is 0 Å². The Kier molecular flexibility index (Phi) is 15.9. The number of esters is 1. The number of carbonyl (C=O) groups is 1. The van der Waals surface area contributed by atoms with Crippen molar-refractivity contribution in [3.8, 4) is 0 Å². The maximum absolute atomic E-state index is 11.6. The van der Waals surface area contributed by atoms with Crippen molar-refractivity contribution in [3.63, 3.8) is 0 Å². The summed E-state index contributed by atoms with van der Waals surface area (Å²) in [6, 6.07) is 10.1. The van der Waals surface area contributed by atoms with Gasteiger partial charge in [0.25, 0.3) is 0 Å². The maximum Gasteiger partial charge on any atom is 0.333 e. The zero-order valence-electron chi connectivity index (χ0n) is 20.7. The first kappa shape index (κ1) is 28.8. The second kappa shape index (κ2) is 18.2. The number of hydrogen-bond donors (Lipinski definition) is 0. The molecule has 0 radical (unpaired) electrons. The molecule has 0 amide bonds. The molecule has 1 aromatic rings. The minimum absolute atomic E-state index is 0.0362. The summed E-state index contributed by atoms with van der Waals surface area (Å²) in [6.45, 7) is 7.28. The number of carbonyl (C=O) groups excluding carboxylic acids is 1. The van der Waals surface area contributed by atoms with E-state index < -0.39 is 0 Å². The maximum atomic E-state index is 11.6. The molecule has 3 atom stereocenters. The normalized spacial score (nSPS) is 15.1. The van der Waals surface area contributed by atoms with E-state index in [9.17, 15) is 4.79 Å². The van der Waals surface area contributed by atoms with Gasteiger partial charge in [0.05, 0.1) is 32.0 Å². The highest BCUT2D eigenvalue weighted by Crippen LogP contribution is 2.13. The monoisotopic (exact) mass is 460 g/mol. The molecule has 0 saturated carbocycles. The van der Waals surface area contributed by atoms with E-state index in [1.54, 1.807) is 28.1 Å². The molecular weight excluding hydrogens is 420 g/mol. The van der Waals surface area contributed by atoms with Crippen LogP contribution in [0.25, 0.3) is 0 Å². The molecule has 33 heavy (non-hydrogen) atoms. The van der Waals surface area contributed by atoms with Gasteiger partial charge in [0.2, 0.25) is 0 Å². The van der Waals surface area contributed by atoms with Crippen molar-refractivity contribution in [2.24, 2.45) is 5.92 Å². The number of ether oxygens (including phenoxy) is 5. The van der Waals surface area contributed by atoms with Crippen molar-refractivity contribution in [3.05, 3.63) is 71.8 Å². The minimum Gasteiger partial charge on any atom is -0.463 e. The lowest BCUT2D eigenvalue weighted by Gasteiger charge is -2.21. The van der Waals surface area contributed by atoms with Gasteiger partial charge in [-0.25, -0.2) is 4.79 Å². The van der Waals surface area contributed by atoms with Gasteiger partial charge in [0.15, 0.2) is 0 Å². The summed E-state index contributed by atoms with van der Waals surface area (Å²) in [5.41, 5.74) is 1.76. The lowest BCUT2D eigenvalue weighted by molar-refractivity contribution is -0.138. The van der Waals surface area contributed by atoms with E-state index in [0.29, 0.717) is 25.4 Å². The fourth-order valence-electron chi connectivity index (χ4n) is 3.01. The number of allylic oxidation sites excluding steroid dienone is 3. The van der Waals surface area contributed by atoms with Crippen molar-refractivity contribution in [1.29, 1.82) is 0 Å². The van der Waals surface area contributed by atoms with Crippen LogP contribution in [-0.2, 0) is 35.1 Å². The van der Waals surface area contributed by atoms with Crippen molar-refractivity contribution in [1.82, 2.24) is 0 Å². The third-order valence-corrected chi connectivity index (χ3v) is 5.03. The van der Waals surface area contributed by atoms with Gasteiger partial charge in [-0.2, -0.15) is 0 Å². The van der Waals surface area contributed by atoms with Gasteiger partial charge in [0.1, 0.15) is 6.79 Å². The summed E-state index contributed by atoms with van der Waals surface area (Å²) in [4.78, 5) is 11.6. The molecule has 184 valence electrons. The van der Waals surface area contributed by atoms with Gasteiger partial charge in [-0.05, 0) is 32.3 Å². The molecule has 1 rings (SSSR count). The third kappa shape index (κ3) is 13.1. The summed E-state index contributed by atoms with van der Waals surface area (Å²) in [5, 5.41) is 0. The zero-order valence-corrected chi connectivity index (χ0v) is 20.7. The van der Waals surface area contributed by atoms with Gasteiger partial charge in [0, 0.05) is 25.7 Å². The van der Waals surface area contributed by atoms with Crippen LogP contribution in [-0.4, -0.2) is 52.4 Å². The summed E-state index contributed by atoms with van der Waals surface area (Å²) >= 11 is 0. The Morgan fingerprint density at radius 3 is 2.48 bits per heavy atom. The molecule has 6 heteroatoms. The average molecular weight is 461 g/mol. The highest BCUT2D eigenvalue weighted by molar-refractivity contribution is 5.87. The molecule has 0 bridgehead atoms. The Balaban J connectivity index is 2.51. The molecule has 0 aliphatic heterocycles. The van der Waals surface area contributed by atoms with E-state index in [-0.39, 0.29) is 30.9 Å². The first-order chi connectivity index (χ1) is 16.0. The van der Waals surface area contributed by atoms with Crippen LogP contribution in [0.15, 0.2) is 66.3 Å². The average Bonchev–Trinajstić information content (AvgIpc) is 2.83. The largest absolute Gasteiger partial charge is 0.463 e. The Bertz CT molecular complexity index is 725. The van der Waals surface area contributed by atoms with Crippen molar-refractivity contribution in [2.45, 2.75) is 52.4 Å². The number of methoxy groups -OCH3 is 2. The number of benzene rings is 1. The molecule has 1 aromatic carbocycles. The SMILES string of the molecule is CCOC(=O)/C(C)=C\CC[C@@H](/C=C/C=C/[C@H](C)[C@@H](COCc1ccccc1)OCOC)OC. The number of rotatable bonds is 17. The molecule has 0 saturated heterocycles. The second-order valence-electron chi connectivity index (χ2n) is 7.70. The Morgan fingerprint density at radius 1 is 1.09 bits per heavy atom. The van der Waals surface area contributed by atoms with Crippen LogP contribution in [0.3, 0.4) is 0 Å². The molecule has 0 aliphatic carbocycles. The van der Waals surface area contributed by atoms with E-state index in [1.807, 2.05) is 54.6 Å². The highest BCUT2D eigenvalue weighted by Gasteiger charge is 2.16. The molecule has 0 heterocycles. The minimum atomic E-state index is -0.267. The quantitative estimate of drug-likeness (QED) is 0.137. The van der Waals surface area contributed by atoms with Crippen LogP contribution in [0.4, 0.5) is 0 Å². The molecule has 0 N–H and O–H groups in total. The van der Waals surface area contributed by atoms with Crippen LogP contribution in [0, 0.1) is 5.92 Å².